The summed E-state index contributed by atoms with van der Waals surface area (Å²) in [6, 6.07) is -7.90. The van der Waals surface area contributed by atoms with Crippen LogP contribution in [0.25, 0.3) is 22.6 Å². The van der Waals surface area contributed by atoms with E-state index in [0.29, 0.717) is 18.4 Å². The fraction of sp³-hybridized carbons (Fsp3) is 0.613. The van der Waals surface area contributed by atoms with Crippen LogP contribution in [0.1, 0.15) is 127 Å². The number of fused-ring (bicyclic) bond motifs is 4. The average Bonchev–Trinajstić information content (AvgIpc) is 0.893. The van der Waals surface area contributed by atoms with Crippen LogP contribution >= 0.6 is 0 Å². The Morgan fingerprint density at radius 2 is 1.03 bits per heavy atom. The normalized spacial score (nSPS) is 26.2. The van der Waals surface area contributed by atoms with Crippen molar-refractivity contribution in [3.8, 4) is 11.5 Å². The second-order valence-corrected chi connectivity index (χ2v) is 25.5. The fourth-order valence-electron chi connectivity index (χ4n) is 12.3. The Morgan fingerprint density at radius 1 is 0.611 bits per heavy atom. The van der Waals surface area contributed by atoms with Crippen LogP contribution in [0.4, 0.5) is 5.69 Å². The van der Waals surface area contributed by atoms with Crippen molar-refractivity contribution in [2.24, 2.45) is 23.7 Å². The number of carbonyl (C=O) groups excluding carboxylic acids is 12. The molecule has 10 atom stereocenters. The number of esters is 2. The summed E-state index contributed by atoms with van der Waals surface area (Å²) in [5.41, 5.74) is 3.57. The Bertz CT molecular complexity index is 3420. The third-order valence-corrected chi connectivity index (χ3v) is 17.5. The highest BCUT2D eigenvalue weighted by atomic mass is 16.6. The molecule has 10 amide bonds. The number of anilines is 1. The summed E-state index contributed by atoms with van der Waals surface area (Å²) in [4.78, 5) is 199. The van der Waals surface area contributed by atoms with Crippen molar-refractivity contribution >= 4 is 87.8 Å². The number of nitrogens with one attached hydrogen (secondary N) is 4. The summed E-state index contributed by atoms with van der Waals surface area (Å²) in [5, 5.41) is 10.7. The monoisotopic (exact) mass is 1250 g/mol. The van der Waals surface area contributed by atoms with Gasteiger partial charge in [0.05, 0.1) is 29.9 Å². The molecule has 4 fully saturated rings. The van der Waals surface area contributed by atoms with Gasteiger partial charge in [-0.3, -0.25) is 52.7 Å². The predicted octanol–water partition coefficient (Wildman–Crippen LogP) is 0.726. The summed E-state index contributed by atoms with van der Waals surface area (Å²) in [6.07, 6.45) is -1.65. The van der Waals surface area contributed by atoms with E-state index in [2.05, 4.69) is 21.3 Å². The van der Waals surface area contributed by atoms with Gasteiger partial charge in [-0.2, -0.15) is 0 Å². The lowest BCUT2D eigenvalue weighted by Gasteiger charge is -2.36. The Labute approximate surface area is 522 Å². The lowest BCUT2D eigenvalue weighted by atomic mass is 9.98. The van der Waals surface area contributed by atoms with E-state index in [-0.39, 0.29) is 53.9 Å². The first-order valence-corrected chi connectivity index (χ1v) is 30.5. The minimum Gasteiger partial charge on any atom is -0.458 e. The van der Waals surface area contributed by atoms with Crippen molar-refractivity contribution in [1.29, 1.82) is 0 Å². The van der Waals surface area contributed by atoms with Crippen molar-refractivity contribution in [2.45, 2.75) is 169 Å². The highest BCUT2D eigenvalue weighted by Crippen LogP contribution is 2.35. The number of carbonyl (C=O) groups is 12. The molecule has 4 saturated heterocycles. The number of ether oxygens (including phenoxy) is 2. The van der Waals surface area contributed by atoms with E-state index in [4.69, 9.17) is 24.6 Å². The van der Waals surface area contributed by atoms with E-state index in [0.717, 1.165) is 9.80 Å². The molecule has 1 aliphatic carbocycles. The van der Waals surface area contributed by atoms with Crippen LogP contribution in [0.15, 0.2) is 21.3 Å². The van der Waals surface area contributed by atoms with Crippen LogP contribution in [0.3, 0.4) is 0 Å². The minimum absolute atomic E-state index is 0.0763. The second kappa shape index (κ2) is 27.6. The van der Waals surface area contributed by atoms with Crippen LogP contribution in [-0.4, -0.2) is 220 Å². The molecule has 0 aromatic heterocycles. The maximum Gasteiger partial charge on any atom is 0.329 e. The maximum absolute atomic E-state index is 15.2. The van der Waals surface area contributed by atoms with Gasteiger partial charge in [0, 0.05) is 46.8 Å². The van der Waals surface area contributed by atoms with Crippen molar-refractivity contribution in [1.82, 2.24) is 55.7 Å². The molecule has 490 valence electrons. The predicted molar refractivity (Wildman–Crippen MR) is 325 cm³/mol. The summed E-state index contributed by atoms with van der Waals surface area (Å²) in [6.45, 7) is 18.4. The van der Waals surface area contributed by atoms with Gasteiger partial charge in [-0.25, -0.2) is 14.6 Å². The third-order valence-electron chi connectivity index (χ3n) is 17.5. The Morgan fingerprint density at radius 3 is 1.44 bits per heavy atom. The molecule has 1 aromatic carbocycles. The van der Waals surface area contributed by atoms with Gasteiger partial charge in [-0.1, -0.05) is 61.5 Å². The lowest BCUT2D eigenvalue weighted by molar-refractivity contribution is -0.163. The van der Waals surface area contributed by atoms with Crippen LogP contribution in [-0.2, 0) is 57.4 Å². The van der Waals surface area contributed by atoms with E-state index in [1.165, 1.54) is 80.7 Å². The molecule has 5 aliphatic heterocycles. The molecule has 0 unspecified atom stereocenters. The van der Waals surface area contributed by atoms with Crippen molar-refractivity contribution in [3.63, 3.8) is 0 Å². The van der Waals surface area contributed by atoms with Gasteiger partial charge < -0.3 is 70.3 Å². The van der Waals surface area contributed by atoms with Gasteiger partial charge in [0.15, 0.2) is 11.3 Å². The summed E-state index contributed by atoms with van der Waals surface area (Å²) < 4.78 is 18.3. The number of amides is 10. The number of likely N-dealkylation sites (N-methyl/N-ethyl adjacent to an activating group) is 4. The molecule has 28 nitrogen and oxygen atoms in total. The van der Waals surface area contributed by atoms with Gasteiger partial charge in [-0.05, 0) is 88.7 Å². The molecule has 0 saturated carbocycles. The molecular weight excluding hydrogens is 1170 g/mol. The van der Waals surface area contributed by atoms with Crippen LogP contribution < -0.4 is 32.4 Å². The molecule has 1 aromatic rings. The van der Waals surface area contributed by atoms with Crippen molar-refractivity contribution in [3.05, 3.63) is 44.6 Å². The van der Waals surface area contributed by atoms with E-state index < -0.39 is 191 Å². The highest BCUT2D eigenvalue weighted by Gasteiger charge is 2.46. The number of rotatable bonds is 8. The van der Waals surface area contributed by atoms with Crippen LogP contribution in [0.2, 0.25) is 0 Å². The Balaban J connectivity index is 1.32. The number of nitrogens with zero attached hydrogens (tertiary/aromatic N) is 7. The largest absolute Gasteiger partial charge is 0.458 e. The lowest BCUT2D eigenvalue weighted by Crippen LogP contribution is -2.61. The summed E-state index contributed by atoms with van der Waals surface area (Å²) >= 11 is 0. The SMILES string of the molecule is Cc1c2oc3c(C)ccc(C(=O)N[C@H]4C(=O)N[C@H](C(C)C)C(=O)N5CCC[C@H]5C(=O)N(C)CC(=O)N(C)[C@H](C(C)C)C(=O)O[C@H]4C)c3nc-2c(C(=O)N[C@@H]2C(=O)N[C@H](C(C)C)C(=O)N3CCC[C@H]3C(=O)N(C)CC(=O)N(C)[C@@H](C(C)C)C(=O)O[C@H]2C)c(N)c1=O. The number of cyclic esters (lactones) is 2. The third kappa shape index (κ3) is 13.7. The van der Waals surface area contributed by atoms with Gasteiger partial charge >= 0.3 is 11.9 Å². The Hall–Kier alpha value is -8.72. The minimum atomic E-state index is -1.88. The van der Waals surface area contributed by atoms with Crippen LogP contribution in [0, 0.1) is 37.5 Å². The van der Waals surface area contributed by atoms with E-state index in [1.54, 1.807) is 62.3 Å². The first-order chi connectivity index (χ1) is 42.1. The topological polar surface area (TPSA) is 360 Å². The number of aromatic nitrogens is 1. The maximum atomic E-state index is 15.2. The molecule has 0 spiro atoms. The van der Waals surface area contributed by atoms with E-state index >= 15 is 9.59 Å². The fourth-order valence-corrected chi connectivity index (χ4v) is 12.3. The number of aryl methyl sites for hydroxylation is 1. The van der Waals surface area contributed by atoms with Gasteiger partial charge in [0.1, 0.15) is 71.8 Å². The van der Waals surface area contributed by atoms with Gasteiger partial charge in [0.2, 0.25) is 52.7 Å². The number of hydrogen-bond donors (Lipinski definition) is 5. The molecule has 28 heteroatoms. The average molecular weight is 1260 g/mol. The first kappa shape index (κ1) is 68.8. The first-order valence-electron chi connectivity index (χ1n) is 30.5. The Kier molecular flexibility index (Phi) is 21.1. The molecular formula is C62H86N12O16. The standard InChI is InChI=1S/C62H86N12O16/c1-27(2)42-59(84)73-23-17-19-36(73)57(82)69(13)25-38(75)71(15)48(29(5)6)61(86)88-33(11)44(55(80)65-42)67-53(78)35-22-21-31(9)51-46(35)64-47-40(41(63)50(77)32(10)52(47)90-51)54(79)68-45-34(12)89-62(87)49(30(7)8)72(16)39(76)26-70(14)58(83)37-20-18-24-74(37)60(85)43(28(3)4)66-56(45)81/h21-22,27-30,33-34,36-37,42-45,48-49H,17-20,23-26,63H2,1-16H3,(H,65,80)(H,66,81)(H,67,78)(H,68,79)/t33-,34-,36-,37-,42+,43+,44+,45-,48+,49-/m0/s1. The highest BCUT2D eigenvalue weighted by molar-refractivity contribution is 6.10. The van der Waals surface area contributed by atoms with Crippen LogP contribution in [0.5, 0.6) is 0 Å². The number of nitrogens with two attached hydrogens (primary N) is 1. The number of hydrogen-bond acceptors (Lipinski definition) is 18. The quantitative estimate of drug-likeness (QED) is 0.118. The number of nitrogen functional groups attached to an aromatic ring is 1. The zero-order chi connectivity index (χ0) is 67.0. The summed E-state index contributed by atoms with van der Waals surface area (Å²) in [5.74, 6) is -12.4. The van der Waals surface area contributed by atoms with E-state index in [9.17, 15) is 52.7 Å². The molecule has 0 radical (unpaired) electrons. The molecule has 7 rings (SSSR count). The number of benzene rings is 2. The zero-order valence-corrected chi connectivity index (χ0v) is 54.1. The molecule has 0 bridgehead atoms. The molecule has 6 N–H and O–H groups in total. The molecule has 6 aliphatic rings. The van der Waals surface area contributed by atoms with Crippen molar-refractivity contribution in [2.75, 3.05) is 60.1 Å². The van der Waals surface area contributed by atoms with Crippen molar-refractivity contribution < 1.29 is 71.4 Å². The summed E-state index contributed by atoms with van der Waals surface area (Å²) in [7, 11) is 5.59. The smallest absolute Gasteiger partial charge is 0.329 e. The second-order valence-electron chi connectivity index (χ2n) is 25.5. The van der Waals surface area contributed by atoms with Gasteiger partial charge in [-0.15, -0.1) is 0 Å². The van der Waals surface area contributed by atoms with E-state index in [1.807, 2.05) is 0 Å². The molecule has 90 heavy (non-hydrogen) atoms. The zero-order valence-electron chi connectivity index (χ0n) is 54.1. The molecule has 5 heterocycles. The van der Waals surface area contributed by atoms with Gasteiger partial charge in [0.25, 0.3) is 11.8 Å².